The SMILES string of the molecule is COCCOCC(O)CNCC1CCCCC1CO. The molecule has 0 aromatic heterocycles. The molecule has 0 amide bonds. The molecule has 5 heteroatoms. The summed E-state index contributed by atoms with van der Waals surface area (Å²) < 4.78 is 10.1. The van der Waals surface area contributed by atoms with Gasteiger partial charge in [0.1, 0.15) is 0 Å². The van der Waals surface area contributed by atoms with Crippen molar-refractivity contribution in [1.82, 2.24) is 5.32 Å². The normalized spacial score (nSPS) is 25.4. The number of nitrogens with one attached hydrogen (secondary N) is 1. The molecule has 19 heavy (non-hydrogen) atoms. The maximum Gasteiger partial charge on any atom is 0.0897 e. The van der Waals surface area contributed by atoms with Crippen LogP contribution in [-0.4, -0.2) is 62.9 Å². The number of methoxy groups -OCH3 is 1. The Morgan fingerprint density at radius 3 is 2.63 bits per heavy atom. The summed E-state index contributed by atoms with van der Waals surface area (Å²) in [5, 5.41) is 22.3. The number of rotatable bonds is 10. The van der Waals surface area contributed by atoms with Crippen molar-refractivity contribution in [3.05, 3.63) is 0 Å². The molecule has 1 aliphatic rings. The first-order valence-electron chi connectivity index (χ1n) is 7.34. The molecule has 3 atom stereocenters. The molecule has 0 saturated heterocycles. The van der Waals surface area contributed by atoms with Crippen LogP contribution in [-0.2, 0) is 9.47 Å². The van der Waals surface area contributed by atoms with E-state index >= 15 is 0 Å². The number of aliphatic hydroxyl groups is 2. The van der Waals surface area contributed by atoms with E-state index in [1.165, 1.54) is 19.3 Å². The van der Waals surface area contributed by atoms with Crippen molar-refractivity contribution in [3.8, 4) is 0 Å². The molecule has 0 radical (unpaired) electrons. The Morgan fingerprint density at radius 1 is 1.21 bits per heavy atom. The number of ether oxygens (including phenoxy) is 2. The summed E-state index contributed by atoms with van der Waals surface area (Å²) in [7, 11) is 1.63. The Morgan fingerprint density at radius 2 is 1.95 bits per heavy atom. The van der Waals surface area contributed by atoms with Crippen LogP contribution >= 0.6 is 0 Å². The lowest BCUT2D eigenvalue weighted by Gasteiger charge is -2.30. The fourth-order valence-corrected chi connectivity index (χ4v) is 2.65. The summed E-state index contributed by atoms with van der Waals surface area (Å²) in [4.78, 5) is 0. The Bertz CT molecular complexity index is 216. The second-order valence-electron chi connectivity index (χ2n) is 5.37. The standard InChI is InChI=1S/C14H29NO4/c1-18-6-7-19-11-14(17)9-15-8-12-4-2-3-5-13(12)10-16/h12-17H,2-11H2,1H3. The van der Waals surface area contributed by atoms with Crippen LogP contribution in [0.2, 0.25) is 0 Å². The maximum absolute atomic E-state index is 9.72. The Hall–Kier alpha value is -0.200. The quantitative estimate of drug-likeness (QED) is 0.503. The molecule has 114 valence electrons. The predicted octanol–water partition coefficient (Wildman–Crippen LogP) is 0.399. The fraction of sp³-hybridized carbons (Fsp3) is 1.00. The highest BCUT2D eigenvalue weighted by atomic mass is 16.5. The number of hydrogen-bond acceptors (Lipinski definition) is 5. The third-order valence-corrected chi connectivity index (χ3v) is 3.83. The van der Waals surface area contributed by atoms with Crippen LogP contribution in [0.1, 0.15) is 25.7 Å². The van der Waals surface area contributed by atoms with Crippen LogP contribution in [0.15, 0.2) is 0 Å². The van der Waals surface area contributed by atoms with Crippen molar-refractivity contribution >= 4 is 0 Å². The molecule has 0 aliphatic heterocycles. The van der Waals surface area contributed by atoms with Gasteiger partial charge in [0.05, 0.1) is 25.9 Å². The first-order valence-corrected chi connectivity index (χ1v) is 7.34. The minimum Gasteiger partial charge on any atom is -0.396 e. The highest BCUT2D eigenvalue weighted by Crippen LogP contribution is 2.28. The van der Waals surface area contributed by atoms with Crippen molar-refractivity contribution in [2.24, 2.45) is 11.8 Å². The Kier molecular flexibility index (Phi) is 9.38. The van der Waals surface area contributed by atoms with E-state index in [2.05, 4.69) is 5.32 Å². The highest BCUT2D eigenvalue weighted by Gasteiger charge is 2.24. The van der Waals surface area contributed by atoms with Crippen LogP contribution in [0.5, 0.6) is 0 Å². The summed E-state index contributed by atoms with van der Waals surface area (Å²) in [5.41, 5.74) is 0. The number of hydrogen-bond donors (Lipinski definition) is 3. The fourth-order valence-electron chi connectivity index (χ4n) is 2.65. The molecule has 0 aromatic rings. The zero-order valence-electron chi connectivity index (χ0n) is 12.0. The average molecular weight is 275 g/mol. The first-order chi connectivity index (χ1) is 9.27. The van der Waals surface area contributed by atoms with Crippen molar-refractivity contribution in [1.29, 1.82) is 0 Å². The van der Waals surface area contributed by atoms with E-state index in [0.29, 0.717) is 38.2 Å². The molecule has 0 aromatic carbocycles. The summed E-state index contributed by atoms with van der Waals surface area (Å²) in [6.07, 6.45) is 4.32. The third-order valence-electron chi connectivity index (χ3n) is 3.83. The van der Waals surface area contributed by atoms with Gasteiger partial charge in [0, 0.05) is 20.3 Å². The van der Waals surface area contributed by atoms with E-state index in [4.69, 9.17) is 9.47 Å². The predicted molar refractivity (Wildman–Crippen MR) is 74.1 cm³/mol. The van der Waals surface area contributed by atoms with Gasteiger partial charge in [-0.05, 0) is 31.2 Å². The van der Waals surface area contributed by atoms with Gasteiger partial charge in [-0.2, -0.15) is 0 Å². The second kappa shape index (κ2) is 10.6. The first kappa shape index (κ1) is 16.9. The molecule has 0 spiro atoms. The second-order valence-corrected chi connectivity index (χ2v) is 5.37. The van der Waals surface area contributed by atoms with Gasteiger partial charge in [0.2, 0.25) is 0 Å². The van der Waals surface area contributed by atoms with Gasteiger partial charge in [-0.3, -0.25) is 0 Å². The summed E-state index contributed by atoms with van der Waals surface area (Å²) in [6, 6.07) is 0. The van der Waals surface area contributed by atoms with Gasteiger partial charge in [0.15, 0.2) is 0 Å². The molecule has 0 bridgehead atoms. The van der Waals surface area contributed by atoms with Gasteiger partial charge < -0.3 is 25.0 Å². The molecule has 5 nitrogen and oxygen atoms in total. The van der Waals surface area contributed by atoms with Crippen molar-refractivity contribution in [2.75, 3.05) is 46.6 Å². The average Bonchev–Trinajstić information content (AvgIpc) is 2.44. The Labute approximate surface area is 116 Å². The molecule has 1 rings (SSSR count). The molecule has 3 N–H and O–H groups in total. The van der Waals surface area contributed by atoms with Gasteiger partial charge in [-0.15, -0.1) is 0 Å². The van der Waals surface area contributed by atoms with Crippen molar-refractivity contribution in [2.45, 2.75) is 31.8 Å². The Balaban J connectivity index is 2.04. The van der Waals surface area contributed by atoms with Crippen LogP contribution in [0.3, 0.4) is 0 Å². The highest BCUT2D eigenvalue weighted by molar-refractivity contribution is 4.77. The van der Waals surface area contributed by atoms with Crippen LogP contribution in [0.25, 0.3) is 0 Å². The summed E-state index contributed by atoms with van der Waals surface area (Å²) in [5.74, 6) is 0.969. The van der Waals surface area contributed by atoms with E-state index < -0.39 is 6.10 Å². The molecule has 3 unspecified atom stereocenters. The topological polar surface area (TPSA) is 71.0 Å². The third kappa shape index (κ3) is 7.22. The maximum atomic E-state index is 9.72. The van der Waals surface area contributed by atoms with E-state index in [1.807, 2.05) is 0 Å². The van der Waals surface area contributed by atoms with Crippen LogP contribution < -0.4 is 5.32 Å². The number of aliphatic hydroxyl groups excluding tert-OH is 2. The van der Waals surface area contributed by atoms with Crippen LogP contribution in [0.4, 0.5) is 0 Å². The zero-order valence-corrected chi connectivity index (χ0v) is 12.0. The van der Waals surface area contributed by atoms with Gasteiger partial charge in [0.25, 0.3) is 0 Å². The van der Waals surface area contributed by atoms with E-state index in [-0.39, 0.29) is 6.61 Å². The largest absolute Gasteiger partial charge is 0.396 e. The zero-order chi connectivity index (χ0) is 13.9. The molecule has 0 heterocycles. The van der Waals surface area contributed by atoms with E-state index in [9.17, 15) is 10.2 Å². The lowest BCUT2D eigenvalue weighted by molar-refractivity contribution is 0.0129. The lowest BCUT2D eigenvalue weighted by Crippen LogP contribution is -2.37. The smallest absolute Gasteiger partial charge is 0.0897 e. The molecule has 1 fully saturated rings. The van der Waals surface area contributed by atoms with Gasteiger partial charge >= 0.3 is 0 Å². The summed E-state index contributed by atoms with van der Waals surface area (Å²) in [6.45, 7) is 3.12. The molecular weight excluding hydrogens is 246 g/mol. The van der Waals surface area contributed by atoms with Crippen LogP contribution in [0, 0.1) is 11.8 Å². The molecule has 1 aliphatic carbocycles. The molecular formula is C14H29NO4. The summed E-state index contributed by atoms with van der Waals surface area (Å²) >= 11 is 0. The lowest BCUT2D eigenvalue weighted by atomic mass is 9.79. The minimum atomic E-state index is -0.479. The molecule has 1 saturated carbocycles. The van der Waals surface area contributed by atoms with Crippen molar-refractivity contribution in [3.63, 3.8) is 0 Å². The van der Waals surface area contributed by atoms with Crippen molar-refractivity contribution < 1.29 is 19.7 Å². The minimum absolute atomic E-state index is 0.287. The van der Waals surface area contributed by atoms with Gasteiger partial charge in [-0.1, -0.05) is 12.8 Å². The van der Waals surface area contributed by atoms with E-state index in [1.54, 1.807) is 7.11 Å². The van der Waals surface area contributed by atoms with E-state index in [0.717, 1.165) is 13.0 Å². The van der Waals surface area contributed by atoms with Gasteiger partial charge in [-0.25, -0.2) is 0 Å². The monoisotopic (exact) mass is 275 g/mol.